The summed E-state index contributed by atoms with van der Waals surface area (Å²) in [5.41, 5.74) is 4.41. The molecule has 1 aliphatic carbocycles. The Morgan fingerprint density at radius 3 is 2.21 bits per heavy atom. The lowest BCUT2D eigenvalue weighted by Crippen LogP contribution is -2.45. The van der Waals surface area contributed by atoms with Gasteiger partial charge in [0.2, 0.25) is 5.91 Å². The van der Waals surface area contributed by atoms with Crippen molar-refractivity contribution in [2.45, 2.75) is 44.2 Å². The van der Waals surface area contributed by atoms with Crippen LogP contribution in [0.25, 0.3) is 0 Å². The number of H-pyrrole nitrogens is 2. The Labute approximate surface area is 160 Å². The molecule has 2 aromatic rings. The van der Waals surface area contributed by atoms with Crippen LogP contribution in [0, 0.1) is 0 Å². The lowest BCUT2D eigenvalue weighted by molar-refractivity contribution is -0.121. The van der Waals surface area contributed by atoms with Gasteiger partial charge in [-0.3, -0.25) is 19.4 Å². The number of aromatic nitrogens is 2. The van der Waals surface area contributed by atoms with E-state index in [2.05, 4.69) is 15.6 Å². The maximum absolute atomic E-state index is 12.3. The summed E-state index contributed by atoms with van der Waals surface area (Å²) in [5, 5.41) is 5.82. The van der Waals surface area contributed by atoms with Crippen LogP contribution in [0.2, 0.25) is 0 Å². The van der Waals surface area contributed by atoms with E-state index in [1.165, 1.54) is 0 Å². The van der Waals surface area contributed by atoms with Crippen molar-refractivity contribution < 1.29 is 9.59 Å². The Kier molecular flexibility index (Phi) is 5.93. The molecule has 2 amide bonds. The highest BCUT2D eigenvalue weighted by atomic mass is 16.2. The van der Waals surface area contributed by atoms with Crippen molar-refractivity contribution in [3.05, 3.63) is 62.4 Å². The number of anilines is 1. The van der Waals surface area contributed by atoms with Gasteiger partial charge in [-0.25, -0.2) is 4.79 Å². The van der Waals surface area contributed by atoms with E-state index in [1.807, 2.05) is 35.3 Å². The fraction of sp³-hybridized carbons (Fsp3) is 0.368. The molecule has 0 aliphatic heterocycles. The number of nitrogens with one attached hydrogen (secondary N) is 4. The number of aromatic amines is 2. The summed E-state index contributed by atoms with van der Waals surface area (Å²) in [6.45, 7) is 0. The van der Waals surface area contributed by atoms with Gasteiger partial charge in [0.15, 0.2) is 0 Å². The van der Waals surface area contributed by atoms with Gasteiger partial charge in [-0.2, -0.15) is 0 Å². The topological polar surface area (TPSA) is 150 Å². The summed E-state index contributed by atoms with van der Waals surface area (Å²) >= 11 is 0. The van der Waals surface area contributed by atoms with Crippen LogP contribution in [0.1, 0.15) is 41.7 Å². The predicted octanol–water partition coefficient (Wildman–Crippen LogP) is 0.0453. The molecule has 1 heterocycles. The van der Waals surface area contributed by atoms with Crippen LogP contribution in [-0.4, -0.2) is 33.9 Å². The molecular weight excluding hydrogens is 362 g/mol. The molecule has 1 aromatic carbocycles. The molecular formula is C19H23N5O4. The summed E-state index contributed by atoms with van der Waals surface area (Å²) in [6, 6.07) is 9.48. The average molecular weight is 385 g/mol. The summed E-state index contributed by atoms with van der Waals surface area (Å²) in [4.78, 5) is 51.6. The lowest BCUT2D eigenvalue weighted by Gasteiger charge is -2.29. The number of hydrogen-bond acceptors (Lipinski definition) is 5. The largest absolute Gasteiger partial charge is 0.392 e. The molecule has 0 unspecified atom stereocenters. The third kappa shape index (κ3) is 4.87. The van der Waals surface area contributed by atoms with Gasteiger partial charge < -0.3 is 21.4 Å². The highest BCUT2D eigenvalue weighted by Crippen LogP contribution is 2.19. The van der Waals surface area contributed by atoms with Gasteiger partial charge >= 0.3 is 5.69 Å². The summed E-state index contributed by atoms with van der Waals surface area (Å²) in [5.74, 6) is -0.607. The highest BCUT2D eigenvalue weighted by Gasteiger charge is 2.25. The van der Waals surface area contributed by atoms with Crippen molar-refractivity contribution in [2.24, 2.45) is 0 Å². The minimum Gasteiger partial charge on any atom is -0.392 e. The first-order valence-electron chi connectivity index (χ1n) is 9.18. The second-order valence-electron chi connectivity index (χ2n) is 6.95. The average Bonchev–Trinajstić information content (AvgIpc) is 2.67. The second kappa shape index (κ2) is 8.55. The zero-order chi connectivity index (χ0) is 20.1. The van der Waals surface area contributed by atoms with Crippen LogP contribution in [0.15, 0.2) is 39.9 Å². The summed E-state index contributed by atoms with van der Waals surface area (Å²) in [6.07, 6.45) is 3.15. The third-order valence-corrected chi connectivity index (χ3v) is 4.84. The monoisotopic (exact) mass is 385 g/mol. The fourth-order valence-electron chi connectivity index (χ4n) is 3.37. The summed E-state index contributed by atoms with van der Waals surface area (Å²) in [7, 11) is 0. The van der Waals surface area contributed by atoms with E-state index in [9.17, 15) is 19.2 Å². The van der Waals surface area contributed by atoms with E-state index in [0.29, 0.717) is 19.3 Å². The van der Waals surface area contributed by atoms with Gasteiger partial charge in [-0.1, -0.05) is 30.3 Å². The zero-order valence-electron chi connectivity index (χ0n) is 15.3. The van der Waals surface area contributed by atoms with Crippen LogP contribution >= 0.6 is 0 Å². The van der Waals surface area contributed by atoms with Gasteiger partial charge in [0.05, 0.1) is 6.42 Å². The number of amides is 2. The number of benzene rings is 1. The second-order valence-corrected chi connectivity index (χ2v) is 6.95. The minimum atomic E-state index is -0.793. The van der Waals surface area contributed by atoms with Crippen molar-refractivity contribution >= 4 is 17.5 Å². The SMILES string of the molecule is Nc1c(C(=O)N[C@H]2CC[C@@H](NC(=O)Cc3ccccc3)CC2)[nH]c(=O)[nH]c1=O. The Hall–Kier alpha value is -3.36. The number of nitrogens with two attached hydrogens (primary N) is 1. The Bertz CT molecular complexity index is 958. The Morgan fingerprint density at radius 2 is 1.57 bits per heavy atom. The van der Waals surface area contributed by atoms with Crippen LogP contribution in [0.3, 0.4) is 0 Å². The van der Waals surface area contributed by atoms with Crippen LogP contribution in [0.4, 0.5) is 5.69 Å². The smallest absolute Gasteiger partial charge is 0.326 e. The number of nitrogen functional groups attached to an aromatic ring is 1. The van der Waals surface area contributed by atoms with Gasteiger partial charge in [0, 0.05) is 12.1 Å². The first-order chi connectivity index (χ1) is 13.4. The molecule has 0 atom stereocenters. The number of hydrogen-bond donors (Lipinski definition) is 5. The Morgan fingerprint density at radius 1 is 0.964 bits per heavy atom. The van der Waals surface area contributed by atoms with Gasteiger partial charge in [0.25, 0.3) is 11.5 Å². The Balaban J connectivity index is 1.49. The van der Waals surface area contributed by atoms with Crippen molar-refractivity contribution in [1.29, 1.82) is 0 Å². The van der Waals surface area contributed by atoms with Crippen LogP contribution in [0.5, 0.6) is 0 Å². The first-order valence-corrected chi connectivity index (χ1v) is 9.18. The molecule has 1 aliphatic rings. The van der Waals surface area contributed by atoms with Gasteiger partial charge in [-0.05, 0) is 31.2 Å². The van der Waals surface area contributed by atoms with Crippen LogP contribution < -0.4 is 27.6 Å². The molecule has 0 spiro atoms. The standard InChI is InChI=1S/C19H23N5O4/c20-15-16(23-19(28)24-17(15)26)18(27)22-13-8-6-12(7-9-13)21-14(25)10-11-4-2-1-3-5-11/h1-5,12-13H,6-10,20H2,(H,21,25)(H,22,27)(H2,23,24,26,28)/t12-,13+. The molecule has 3 rings (SSSR count). The molecule has 1 saturated carbocycles. The third-order valence-electron chi connectivity index (χ3n) is 4.84. The highest BCUT2D eigenvalue weighted by molar-refractivity contribution is 5.96. The van der Waals surface area contributed by atoms with E-state index in [4.69, 9.17) is 5.73 Å². The summed E-state index contributed by atoms with van der Waals surface area (Å²) < 4.78 is 0. The normalized spacial score (nSPS) is 19.0. The first kappa shape index (κ1) is 19.4. The number of carbonyl (C=O) groups excluding carboxylic acids is 2. The maximum atomic E-state index is 12.3. The van der Waals surface area contributed by atoms with E-state index < -0.39 is 17.2 Å². The molecule has 9 heteroatoms. The quantitative estimate of drug-likeness (QED) is 0.493. The van der Waals surface area contributed by atoms with Crippen molar-refractivity contribution in [2.75, 3.05) is 5.73 Å². The van der Waals surface area contributed by atoms with E-state index in [-0.39, 0.29) is 29.4 Å². The fourth-order valence-corrected chi connectivity index (χ4v) is 3.37. The van der Waals surface area contributed by atoms with Crippen molar-refractivity contribution in [1.82, 2.24) is 20.6 Å². The molecule has 0 saturated heterocycles. The molecule has 0 radical (unpaired) electrons. The van der Waals surface area contributed by atoms with Gasteiger partial charge in [0.1, 0.15) is 11.4 Å². The van der Waals surface area contributed by atoms with E-state index >= 15 is 0 Å². The van der Waals surface area contributed by atoms with Crippen LogP contribution in [-0.2, 0) is 11.2 Å². The number of carbonyl (C=O) groups is 2. The molecule has 9 nitrogen and oxygen atoms in total. The molecule has 6 N–H and O–H groups in total. The van der Waals surface area contributed by atoms with Crippen molar-refractivity contribution in [3.63, 3.8) is 0 Å². The zero-order valence-corrected chi connectivity index (χ0v) is 15.3. The van der Waals surface area contributed by atoms with E-state index in [0.717, 1.165) is 18.4 Å². The van der Waals surface area contributed by atoms with E-state index in [1.54, 1.807) is 0 Å². The molecule has 28 heavy (non-hydrogen) atoms. The molecule has 1 fully saturated rings. The number of rotatable bonds is 5. The van der Waals surface area contributed by atoms with Gasteiger partial charge in [-0.15, -0.1) is 0 Å². The lowest BCUT2D eigenvalue weighted by atomic mass is 9.91. The maximum Gasteiger partial charge on any atom is 0.326 e. The molecule has 0 bridgehead atoms. The molecule has 148 valence electrons. The minimum absolute atomic E-state index is 0.0208. The van der Waals surface area contributed by atoms with Crippen molar-refractivity contribution in [3.8, 4) is 0 Å². The predicted molar refractivity (Wildman–Crippen MR) is 104 cm³/mol. The molecule has 1 aromatic heterocycles.